The number of imidazole rings is 1. The molecule has 3 heterocycles. The summed E-state index contributed by atoms with van der Waals surface area (Å²) in [5.41, 5.74) is 1.07. The minimum atomic E-state index is -0.472. The highest BCUT2D eigenvalue weighted by Gasteiger charge is 2.54. The van der Waals surface area contributed by atoms with Gasteiger partial charge in [-0.25, -0.2) is 4.98 Å². The molecule has 152 valence electrons. The molecule has 1 aliphatic carbocycles. The van der Waals surface area contributed by atoms with Crippen LogP contribution in [0.5, 0.6) is 0 Å². The van der Waals surface area contributed by atoms with Gasteiger partial charge >= 0.3 is 0 Å². The molecular weight excluding hydrogens is 364 g/mol. The fourth-order valence-corrected chi connectivity index (χ4v) is 5.08. The number of piperidine rings is 1. The van der Waals surface area contributed by atoms with Gasteiger partial charge in [-0.3, -0.25) is 9.59 Å². The van der Waals surface area contributed by atoms with Crippen molar-refractivity contribution in [3.63, 3.8) is 0 Å². The van der Waals surface area contributed by atoms with E-state index in [2.05, 4.69) is 9.88 Å². The van der Waals surface area contributed by atoms with Crippen molar-refractivity contribution in [2.75, 3.05) is 19.6 Å². The third-order valence-corrected chi connectivity index (χ3v) is 6.78. The predicted molar refractivity (Wildman–Crippen MR) is 109 cm³/mol. The molecule has 3 aliphatic rings. The predicted octanol–water partition coefficient (Wildman–Crippen LogP) is 3.03. The van der Waals surface area contributed by atoms with Crippen LogP contribution in [0.1, 0.15) is 54.2 Å². The van der Waals surface area contributed by atoms with E-state index in [1.807, 2.05) is 53.0 Å². The molecule has 2 aromatic rings. The maximum atomic E-state index is 13.6. The molecule has 6 nitrogen and oxygen atoms in total. The lowest BCUT2D eigenvalue weighted by molar-refractivity contribution is -0.145. The van der Waals surface area contributed by atoms with Crippen molar-refractivity contribution in [3.05, 3.63) is 54.1 Å². The van der Waals surface area contributed by atoms with E-state index in [1.54, 1.807) is 6.33 Å². The molecule has 1 aromatic heterocycles. The van der Waals surface area contributed by atoms with E-state index < -0.39 is 5.41 Å². The number of hydrogen-bond donors (Lipinski definition) is 0. The van der Waals surface area contributed by atoms with Gasteiger partial charge in [0.1, 0.15) is 0 Å². The number of amides is 2. The van der Waals surface area contributed by atoms with Crippen molar-refractivity contribution in [1.29, 1.82) is 0 Å². The Morgan fingerprint density at radius 2 is 2.03 bits per heavy atom. The third-order valence-electron chi connectivity index (χ3n) is 6.78. The SMILES string of the molecule is Cn1cnc(C2CC3(CCCN(CC4CC4)C3=O)CN2C(=O)c2ccccc2)c1. The van der Waals surface area contributed by atoms with E-state index in [-0.39, 0.29) is 17.9 Å². The lowest BCUT2D eigenvalue weighted by atomic mass is 9.76. The molecule has 3 fully saturated rings. The largest absolute Gasteiger partial charge is 0.342 e. The maximum absolute atomic E-state index is 13.6. The van der Waals surface area contributed by atoms with Gasteiger partial charge in [0.2, 0.25) is 5.91 Å². The van der Waals surface area contributed by atoms with Crippen LogP contribution in [0.4, 0.5) is 0 Å². The molecule has 1 aromatic carbocycles. The average Bonchev–Trinajstić information content (AvgIpc) is 3.32. The zero-order valence-corrected chi connectivity index (χ0v) is 17.0. The third kappa shape index (κ3) is 3.34. The van der Waals surface area contributed by atoms with Crippen LogP contribution in [0.15, 0.2) is 42.9 Å². The van der Waals surface area contributed by atoms with Crippen molar-refractivity contribution < 1.29 is 9.59 Å². The zero-order valence-electron chi connectivity index (χ0n) is 17.0. The van der Waals surface area contributed by atoms with E-state index in [1.165, 1.54) is 12.8 Å². The maximum Gasteiger partial charge on any atom is 0.254 e. The summed E-state index contributed by atoms with van der Waals surface area (Å²) in [4.78, 5) is 35.5. The number of nitrogens with zero attached hydrogens (tertiary/aromatic N) is 4. The molecule has 2 saturated heterocycles. The number of carbonyl (C=O) groups excluding carboxylic acids is 2. The first-order valence-electron chi connectivity index (χ1n) is 10.7. The molecule has 0 radical (unpaired) electrons. The van der Waals surface area contributed by atoms with Gasteiger partial charge in [0.15, 0.2) is 0 Å². The second kappa shape index (κ2) is 7.01. The van der Waals surface area contributed by atoms with Crippen LogP contribution in [0.25, 0.3) is 0 Å². The van der Waals surface area contributed by atoms with E-state index in [0.29, 0.717) is 24.4 Å². The van der Waals surface area contributed by atoms with E-state index in [4.69, 9.17) is 0 Å². The summed E-state index contributed by atoms with van der Waals surface area (Å²) >= 11 is 0. The minimum Gasteiger partial charge on any atom is -0.342 e. The van der Waals surface area contributed by atoms with Gasteiger partial charge < -0.3 is 14.4 Å². The molecule has 2 aliphatic heterocycles. The van der Waals surface area contributed by atoms with E-state index in [0.717, 1.165) is 31.6 Å². The first-order valence-corrected chi connectivity index (χ1v) is 10.7. The lowest BCUT2D eigenvalue weighted by Gasteiger charge is -2.39. The summed E-state index contributed by atoms with van der Waals surface area (Å²) in [6.45, 7) is 2.24. The van der Waals surface area contributed by atoms with Crippen LogP contribution in [0, 0.1) is 11.3 Å². The molecule has 5 rings (SSSR count). The number of rotatable bonds is 4. The van der Waals surface area contributed by atoms with Crippen molar-refractivity contribution in [3.8, 4) is 0 Å². The summed E-state index contributed by atoms with van der Waals surface area (Å²) in [7, 11) is 1.94. The fourth-order valence-electron chi connectivity index (χ4n) is 5.08. The Hall–Kier alpha value is -2.63. The summed E-state index contributed by atoms with van der Waals surface area (Å²) in [6.07, 6.45) is 8.77. The number of likely N-dealkylation sites (tertiary alicyclic amines) is 2. The smallest absolute Gasteiger partial charge is 0.254 e. The Bertz CT molecular complexity index is 920. The highest BCUT2D eigenvalue weighted by molar-refractivity contribution is 5.96. The molecule has 2 unspecified atom stereocenters. The second-order valence-electron chi connectivity index (χ2n) is 9.06. The number of benzene rings is 1. The number of aromatic nitrogens is 2. The lowest BCUT2D eigenvalue weighted by Crippen LogP contribution is -2.50. The van der Waals surface area contributed by atoms with Gasteiger partial charge in [0, 0.05) is 38.4 Å². The van der Waals surface area contributed by atoms with Crippen LogP contribution in [0.3, 0.4) is 0 Å². The Kier molecular flexibility index (Phi) is 4.45. The van der Waals surface area contributed by atoms with E-state index in [9.17, 15) is 9.59 Å². The van der Waals surface area contributed by atoms with Crippen molar-refractivity contribution in [2.24, 2.45) is 18.4 Å². The Morgan fingerprint density at radius 3 is 2.72 bits per heavy atom. The van der Waals surface area contributed by atoms with Gasteiger partial charge in [-0.15, -0.1) is 0 Å². The van der Waals surface area contributed by atoms with Crippen molar-refractivity contribution in [2.45, 2.75) is 38.1 Å². The molecule has 2 amide bonds. The summed E-state index contributed by atoms with van der Waals surface area (Å²) < 4.78 is 1.91. The van der Waals surface area contributed by atoms with Crippen LogP contribution in [0.2, 0.25) is 0 Å². The van der Waals surface area contributed by atoms with Gasteiger partial charge in [-0.05, 0) is 50.2 Å². The topological polar surface area (TPSA) is 58.4 Å². The zero-order chi connectivity index (χ0) is 20.0. The first kappa shape index (κ1) is 18.4. The van der Waals surface area contributed by atoms with Gasteiger partial charge in [0.05, 0.1) is 23.5 Å². The summed E-state index contributed by atoms with van der Waals surface area (Å²) in [6, 6.07) is 9.23. The van der Waals surface area contributed by atoms with Crippen LogP contribution in [-0.2, 0) is 11.8 Å². The van der Waals surface area contributed by atoms with Gasteiger partial charge in [0.25, 0.3) is 5.91 Å². The molecule has 29 heavy (non-hydrogen) atoms. The molecule has 6 heteroatoms. The number of aryl methyl sites for hydroxylation is 1. The van der Waals surface area contributed by atoms with E-state index >= 15 is 0 Å². The molecular formula is C23H28N4O2. The number of hydrogen-bond acceptors (Lipinski definition) is 3. The molecule has 2 atom stereocenters. The fraction of sp³-hybridized carbons (Fsp3) is 0.522. The van der Waals surface area contributed by atoms with Gasteiger partial charge in [-0.1, -0.05) is 18.2 Å². The number of carbonyl (C=O) groups is 2. The van der Waals surface area contributed by atoms with Crippen LogP contribution >= 0.6 is 0 Å². The highest BCUT2D eigenvalue weighted by atomic mass is 16.2. The first-order chi connectivity index (χ1) is 14.1. The van der Waals surface area contributed by atoms with Crippen molar-refractivity contribution in [1.82, 2.24) is 19.4 Å². The Morgan fingerprint density at radius 1 is 1.24 bits per heavy atom. The minimum absolute atomic E-state index is 0.00903. The second-order valence-corrected chi connectivity index (χ2v) is 9.06. The Labute approximate surface area is 171 Å². The molecule has 1 saturated carbocycles. The normalized spacial score (nSPS) is 27.1. The average molecular weight is 393 g/mol. The molecule has 0 bridgehead atoms. The van der Waals surface area contributed by atoms with Crippen molar-refractivity contribution >= 4 is 11.8 Å². The molecule has 0 N–H and O–H groups in total. The monoisotopic (exact) mass is 392 g/mol. The highest BCUT2D eigenvalue weighted by Crippen LogP contribution is 2.49. The van der Waals surface area contributed by atoms with Gasteiger partial charge in [-0.2, -0.15) is 0 Å². The Balaban J connectivity index is 1.47. The molecule has 1 spiro atoms. The summed E-state index contributed by atoms with van der Waals surface area (Å²) in [5, 5.41) is 0. The standard InChI is InChI=1S/C23H28N4O2/c1-25-14-19(24-16-25)20-12-23(10-5-11-26(22(23)29)13-17-8-9-17)15-27(20)21(28)18-6-3-2-4-7-18/h2-4,6-7,14,16-17,20H,5,8-13,15H2,1H3. The van der Waals surface area contributed by atoms with Crippen LogP contribution in [-0.4, -0.2) is 50.8 Å². The van der Waals surface area contributed by atoms with Crippen LogP contribution < -0.4 is 0 Å². The quantitative estimate of drug-likeness (QED) is 0.804. The summed E-state index contributed by atoms with van der Waals surface area (Å²) in [5.74, 6) is 0.925.